The Bertz CT molecular complexity index is 500. The molecule has 2 rings (SSSR count). The third-order valence-corrected chi connectivity index (χ3v) is 3.88. The van der Waals surface area contributed by atoms with Crippen molar-refractivity contribution >= 4 is 11.8 Å². The molecule has 1 fully saturated rings. The van der Waals surface area contributed by atoms with Crippen molar-refractivity contribution in [3.63, 3.8) is 0 Å². The van der Waals surface area contributed by atoms with Gasteiger partial charge in [-0.3, -0.25) is 9.59 Å². The summed E-state index contributed by atoms with van der Waals surface area (Å²) in [6.45, 7) is 7.25. The van der Waals surface area contributed by atoms with E-state index < -0.39 is 0 Å². The highest BCUT2D eigenvalue weighted by molar-refractivity contribution is 5.94. The summed E-state index contributed by atoms with van der Waals surface area (Å²) in [5.41, 5.74) is 1.88. The van der Waals surface area contributed by atoms with Gasteiger partial charge in [0.2, 0.25) is 5.91 Å². The Morgan fingerprint density at radius 3 is 2.24 bits per heavy atom. The zero-order chi connectivity index (χ0) is 15.4. The first-order chi connectivity index (χ1) is 9.97. The van der Waals surface area contributed by atoms with Gasteiger partial charge in [-0.2, -0.15) is 0 Å². The van der Waals surface area contributed by atoms with E-state index >= 15 is 0 Å². The summed E-state index contributed by atoms with van der Waals surface area (Å²) >= 11 is 0. The second-order valence-corrected chi connectivity index (χ2v) is 6.10. The molecule has 4 nitrogen and oxygen atoms in total. The van der Waals surface area contributed by atoms with Gasteiger partial charge in [0.1, 0.15) is 0 Å². The van der Waals surface area contributed by atoms with Crippen molar-refractivity contribution in [2.45, 2.75) is 39.7 Å². The van der Waals surface area contributed by atoms with Gasteiger partial charge in [0.05, 0.1) is 0 Å². The van der Waals surface area contributed by atoms with Crippen LogP contribution in [0.3, 0.4) is 0 Å². The third-order valence-electron chi connectivity index (χ3n) is 3.88. The molecule has 2 amide bonds. The third kappa shape index (κ3) is 4.06. The maximum absolute atomic E-state index is 12.4. The monoisotopic (exact) mass is 288 g/mol. The van der Waals surface area contributed by atoms with Crippen molar-refractivity contribution in [1.29, 1.82) is 0 Å². The van der Waals surface area contributed by atoms with Crippen molar-refractivity contribution in [2.75, 3.05) is 13.1 Å². The van der Waals surface area contributed by atoms with Gasteiger partial charge in [-0.25, -0.2) is 0 Å². The molecule has 1 N–H and O–H groups in total. The normalized spacial score (nSPS) is 16.1. The number of likely N-dealkylation sites (tertiary alicyclic amines) is 1. The summed E-state index contributed by atoms with van der Waals surface area (Å²) in [6.07, 6.45) is 1.49. The fourth-order valence-electron chi connectivity index (χ4n) is 2.63. The second-order valence-electron chi connectivity index (χ2n) is 6.10. The summed E-state index contributed by atoms with van der Waals surface area (Å²) in [4.78, 5) is 26.2. The Labute approximate surface area is 126 Å². The standard InChI is InChI=1S/C17H24N2O2/c1-12(2)18-16(20)14-8-10-19(11-9-14)17(21)15-6-4-13(3)5-7-15/h4-7,12,14H,8-11H2,1-3H3,(H,18,20). The lowest BCUT2D eigenvalue weighted by molar-refractivity contribution is -0.126. The van der Waals surface area contributed by atoms with Gasteiger partial charge >= 0.3 is 0 Å². The Hall–Kier alpha value is -1.84. The first-order valence-corrected chi connectivity index (χ1v) is 7.63. The predicted molar refractivity (Wildman–Crippen MR) is 83.1 cm³/mol. The molecular formula is C17H24N2O2. The molecule has 0 saturated carbocycles. The average molecular weight is 288 g/mol. The molecule has 0 spiro atoms. The fourth-order valence-corrected chi connectivity index (χ4v) is 2.63. The molecule has 1 saturated heterocycles. The lowest BCUT2D eigenvalue weighted by atomic mass is 9.95. The van der Waals surface area contributed by atoms with E-state index in [0.717, 1.165) is 24.0 Å². The van der Waals surface area contributed by atoms with E-state index in [2.05, 4.69) is 5.32 Å². The summed E-state index contributed by atoms with van der Waals surface area (Å²) in [7, 11) is 0. The highest BCUT2D eigenvalue weighted by atomic mass is 16.2. The largest absolute Gasteiger partial charge is 0.354 e. The molecule has 4 heteroatoms. The topological polar surface area (TPSA) is 49.4 Å². The lowest BCUT2D eigenvalue weighted by Crippen LogP contribution is -2.44. The summed E-state index contributed by atoms with van der Waals surface area (Å²) in [5.74, 6) is 0.222. The molecule has 1 aromatic carbocycles. The van der Waals surface area contributed by atoms with Crippen molar-refractivity contribution in [3.05, 3.63) is 35.4 Å². The number of nitrogens with zero attached hydrogens (tertiary/aromatic N) is 1. The first kappa shape index (κ1) is 15.5. The molecule has 1 aliphatic heterocycles. The quantitative estimate of drug-likeness (QED) is 0.928. The van der Waals surface area contributed by atoms with Crippen molar-refractivity contribution < 1.29 is 9.59 Å². The van der Waals surface area contributed by atoms with Crippen LogP contribution in [0.5, 0.6) is 0 Å². The van der Waals surface area contributed by atoms with E-state index in [9.17, 15) is 9.59 Å². The number of amides is 2. The number of carbonyl (C=O) groups excluding carboxylic acids is 2. The maximum Gasteiger partial charge on any atom is 0.253 e. The molecule has 1 aliphatic rings. The molecule has 1 heterocycles. The van der Waals surface area contributed by atoms with E-state index in [1.807, 2.05) is 49.9 Å². The summed E-state index contributed by atoms with van der Waals surface area (Å²) < 4.78 is 0. The van der Waals surface area contributed by atoms with Crippen LogP contribution in [0.25, 0.3) is 0 Å². The molecule has 1 aromatic rings. The van der Waals surface area contributed by atoms with Crippen LogP contribution in [0, 0.1) is 12.8 Å². The SMILES string of the molecule is Cc1ccc(C(=O)N2CCC(C(=O)NC(C)C)CC2)cc1. The van der Waals surface area contributed by atoms with Crippen molar-refractivity contribution in [2.24, 2.45) is 5.92 Å². The van der Waals surface area contributed by atoms with Crippen LogP contribution in [0.2, 0.25) is 0 Å². The van der Waals surface area contributed by atoms with Crippen LogP contribution < -0.4 is 5.32 Å². The zero-order valence-electron chi connectivity index (χ0n) is 13.1. The van der Waals surface area contributed by atoms with E-state index in [1.54, 1.807) is 0 Å². The second kappa shape index (κ2) is 6.74. The number of carbonyl (C=O) groups is 2. The molecule has 0 aromatic heterocycles. The molecular weight excluding hydrogens is 264 g/mol. The maximum atomic E-state index is 12.4. The minimum absolute atomic E-state index is 0.0365. The van der Waals surface area contributed by atoms with Gasteiger partial charge in [-0.15, -0.1) is 0 Å². The smallest absolute Gasteiger partial charge is 0.253 e. The van der Waals surface area contributed by atoms with Crippen LogP contribution in [0.1, 0.15) is 42.6 Å². The Morgan fingerprint density at radius 2 is 1.71 bits per heavy atom. The Balaban J connectivity index is 1.90. The number of piperidine rings is 1. The molecule has 0 atom stereocenters. The number of rotatable bonds is 3. The van der Waals surface area contributed by atoms with Crippen LogP contribution in [0.15, 0.2) is 24.3 Å². The predicted octanol–water partition coefficient (Wildman–Crippen LogP) is 2.37. The van der Waals surface area contributed by atoms with Gasteiger partial charge < -0.3 is 10.2 Å². The van der Waals surface area contributed by atoms with Crippen molar-refractivity contribution in [1.82, 2.24) is 10.2 Å². The highest BCUT2D eigenvalue weighted by Gasteiger charge is 2.27. The Kier molecular flexibility index (Phi) is 4.99. The van der Waals surface area contributed by atoms with E-state index in [1.165, 1.54) is 0 Å². The number of benzene rings is 1. The van der Waals surface area contributed by atoms with Gasteiger partial charge in [-0.1, -0.05) is 17.7 Å². The Morgan fingerprint density at radius 1 is 1.14 bits per heavy atom. The molecule has 114 valence electrons. The average Bonchev–Trinajstić information content (AvgIpc) is 2.47. The van der Waals surface area contributed by atoms with Gasteiger partial charge in [-0.05, 0) is 45.7 Å². The number of nitrogens with one attached hydrogen (secondary N) is 1. The van der Waals surface area contributed by atoms with Gasteiger partial charge in [0.15, 0.2) is 0 Å². The highest BCUT2D eigenvalue weighted by Crippen LogP contribution is 2.19. The molecule has 0 bridgehead atoms. The van der Waals surface area contributed by atoms with E-state index in [0.29, 0.717) is 13.1 Å². The van der Waals surface area contributed by atoms with Crippen LogP contribution in [-0.2, 0) is 4.79 Å². The fraction of sp³-hybridized carbons (Fsp3) is 0.529. The molecule has 21 heavy (non-hydrogen) atoms. The van der Waals surface area contributed by atoms with Gasteiger partial charge in [0, 0.05) is 30.6 Å². The zero-order valence-corrected chi connectivity index (χ0v) is 13.1. The first-order valence-electron chi connectivity index (χ1n) is 7.63. The summed E-state index contributed by atoms with van der Waals surface area (Å²) in [5, 5.41) is 2.95. The minimum Gasteiger partial charge on any atom is -0.354 e. The van der Waals surface area contributed by atoms with E-state index in [-0.39, 0.29) is 23.8 Å². The minimum atomic E-state index is 0.0365. The lowest BCUT2D eigenvalue weighted by Gasteiger charge is -2.31. The van der Waals surface area contributed by atoms with E-state index in [4.69, 9.17) is 0 Å². The molecule has 0 aliphatic carbocycles. The molecule has 0 radical (unpaired) electrons. The number of hydrogen-bond donors (Lipinski definition) is 1. The molecule has 0 unspecified atom stereocenters. The van der Waals surface area contributed by atoms with Crippen LogP contribution >= 0.6 is 0 Å². The van der Waals surface area contributed by atoms with Crippen LogP contribution in [-0.4, -0.2) is 35.8 Å². The number of aryl methyl sites for hydroxylation is 1. The summed E-state index contributed by atoms with van der Waals surface area (Å²) in [6, 6.07) is 7.82. The van der Waals surface area contributed by atoms with Gasteiger partial charge in [0.25, 0.3) is 5.91 Å². The number of hydrogen-bond acceptors (Lipinski definition) is 2. The van der Waals surface area contributed by atoms with Crippen molar-refractivity contribution in [3.8, 4) is 0 Å². The van der Waals surface area contributed by atoms with Crippen LogP contribution in [0.4, 0.5) is 0 Å².